The van der Waals surface area contributed by atoms with E-state index in [1.165, 1.54) is 0 Å². The first-order chi connectivity index (χ1) is 23.9. The first-order valence-corrected chi connectivity index (χ1v) is 16.9. The number of hydrogen-bond acceptors (Lipinski definition) is 16. The zero-order valence-corrected chi connectivity index (χ0v) is 37.5. The zero-order valence-electron chi connectivity index (χ0n) is 34.5. The third-order valence-electron chi connectivity index (χ3n) is 5.43. The van der Waals surface area contributed by atoms with E-state index in [1.54, 1.807) is 0 Å². The van der Waals surface area contributed by atoms with E-state index in [-0.39, 0.29) is 92.7 Å². The van der Waals surface area contributed by atoms with E-state index in [4.69, 9.17) is 71.7 Å². The molecule has 0 spiro atoms. The molecule has 0 aliphatic rings. The van der Waals surface area contributed by atoms with Crippen LogP contribution < -0.4 is 64.2 Å². The molecule has 0 unspecified atom stereocenters. The molecule has 0 radical (unpaired) electrons. The summed E-state index contributed by atoms with van der Waals surface area (Å²) in [6.45, 7) is 24.1. The third-order valence-corrected chi connectivity index (χ3v) is 5.43. The van der Waals surface area contributed by atoms with Crippen LogP contribution in [0.4, 0.5) is 0 Å². The maximum atomic E-state index is 10.1. The number of rotatable bonds is 32. The van der Waals surface area contributed by atoms with Crippen molar-refractivity contribution in [1.82, 2.24) is 0 Å². The molecule has 0 amide bonds. The molecule has 0 rings (SSSR count). The summed E-state index contributed by atoms with van der Waals surface area (Å²) >= 11 is 0. The average Bonchev–Trinajstić information content (AvgIpc) is 3.04. The number of hydrogen-bond donors (Lipinski definition) is 1. The van der Waals surface area contributed by atoms with Gasteiger partial charge in [0, 0.05) is 19.8 Å². The summed E-state index contributed by atoms with van der Waals surface area (Å²) in [4.78, 5) is 32.5. The van der Waals surface area contributed by atoms with Crippen molar-refractivity contribution < 1.29 is 137 Å². The average molecular weight is 779 g/mol. The van der Waals surface area contributed by atoms with Crippen LogP contribution in [-0.4, -0.2) is 163 Å². The van der Waals surface area contributed by atoms with E-state index < -0.39 is 0 Å². The van der Waals surface area contributed by atoms with E-state index in [2.05, 4.69) is 41.5 Å². The van der Waals surface area contributed by atoms with E-state index in [9.17, 15) is 5.11 Å². The molecule has 0 heterocycles. The first-order valence-electron chi connectivity index (χ1n) is 16.9. The Hall–Kier alpha value is 0.280. The maximum absolute atomic E-state index is 10.1. The number of ether oxygens (including phenoxy) is 10. The zero-order chi connectivity index (χ0) is 38.5. The molecule has 0 bridgehead atoms. The Morgan fingerprint density at radius 2 is 0.577 bits per heavy atom. The van der Waals surface area contributed by atoms with Crippen LogP contribution >= 0.6 is 0 Å². The van der Waals surface area contributed by atoms with Gasteiger partial charge in [0.15, 0.2) is 0 Å². The van der Waals surface area contributed by atoms with Crippen LogP contribution in [0, 0.1) is 10.8 Å². The van der Waals surface area contributed by atoms with Gasteiger partial charge >= 0.3 is 71.4 Å². The Morgan fingerprint density at radius 3 is 0.750 bits per heavy atom. The fraction of sp³-hybridized carbons (Fsp3) is 0.941. The molecule has 0 aliphatic carbocycles. The number of carbonyl (C=O) groups excluding carboxylic acids is 4. The molecule has 0 aromatic carbocycles. The van der Waals surface area contributed by atoms with E-state index >= 15 is 0 Å². The summed E-state index contributed by atoms with van der Waals surface area (Å²) in [5.41, 5.74) is 0.640. The van der Waals surface area contributed by atoms with Crippen molar-refractivity contribution >= 4 is 12.3 Å². The largest absolute Gasteiger partial charge is 1.00 e. The minimum atomic E-state index is -0.204. The summed E-state index contributed by atoms with van der Waals surface area (Å²) in [5.74, 6) is 0. The van der Waals surface area contributed by atoms with Crippen LogP contribution in [-0.2, 0) is 66.5 Å². The Bertz CT molecular complexity index is 647. The van der Waals surface area contributed by atoms with Crippen LogP contribution in [0.5, 0.6) is 0 Å². The SMILES string of the molecule is CC(C)(C)CCOCCOCCOCCOCCOCCO.CC(C)(C)CCOCCOCCOCCOCCOCC[O-].O=C=O.O=C=O.[H-].[Na+].[Na+]. The van der Waals surface area contributed by atoms with Crippen LogP contribution in [0.15, 0.2) is 0 Å². The molecule has 0 aliphatic heterocycles. The van der Waals surface area contributed by atoms with Crippen molar-refractivity contribution in [3.8, 4) is 0 Å². The third kappa shape index (κ3) is 83.3. The minimum Gasteiger partial charge on any atom is -1.00 e. The fourth-order valence-corrected chi connectivity index (χ4v) is 2.84. The summed E-state index contributed by atoms with van der Waals surface area (Å²) < 4.78 is 53.1. The molecule has 0 atom stereocenters. The smallest absolute Gasteiger partial charge is 1.00 e. The van der Waals surface area contributed by atoms with Gasteiger partial charge in [0.05, 0.1) is 119 Å². The fourth-order valence-electron chi connectivity index (χ4n) is 2.84. The second kappa shape index (κ2) is 55.6. The molecule has 0 aromatic heterocycles. The van der Waals surface area contributed by atoms with Gasteiger partial charge in [0.2, 0.25) is 0 Å². The second-order valence-electron chi connectivity index (χ2n) is 12.3. The van der Waals surface area contributed by atoms with Crippen LogP contribution in [0.25, 0.3) is 0 Å². The molecule has 16 nitrogen and oxygen atoms in total. The number of aliphatic hydroxyl groups excluding tert-OH is 1. The van der Waals surface area contributed by atoms with Crippen LogP contribution in [0.3, 0.4) is 0 Å². The van der Waals surface area contributed by atoms with Crippen molar-refractivity contribution in [3.63, 3.8) is 0 Å². The molecule has 1 N–H and O–H groups in total. The molecule has 302 valence electrons. The molecular formula is C34H68Na2O16. The summed E-state index contributed by atoms with van der Waals surface area (Å²) in [7, 11) is 0. The maximum Gasteiger partial charge on any atom is 1.00 e. The Balaban J connectivity index is -0.000000132. The van der Waals surface area contributed by atoms with Crippen molar-refractivity contribution in [1.29, 1.82) is 0 Å². The van der Waals surface area contributed by atoms with Crippen molar-refractivity contribution in [3.05, 3.63) is 0 Å². The monoisotopic (exact) mass is 778 g/mol. The van der Waals surface area contributed by atoms with E-state index in [0.29, 0.717) is 123 Å². The van der Waals surface area contributed by atoms with Gasteiger partial charge in [-0.3, -0.25) is 0 Å². The van der Waals surface area contributed by atoms with Gasteiger partial charge < -0.3 is 59.0 Å². The molecule has 18 heteroatoms. The van der Waals surface area contributed by atoms with Gasteiger partial charge in [-0.05, 0) is 23.7 Å². The minimum absolute atomic E-state index is 0. The van der Waals surface area contributed by atoms with Crippen molar-refractivity contribution in [2.24, 2.45) is 10.8 Å². The molecule has 0 saturated carbocycles. The molecular weight excluding hydrogens is 710 g/mol. The quantitative estimate of drug-likeness (QED) is 0.0504. The van der Waals surface area contributed by atoms with Gasteiger partial charge in [-0.25, -0.2) is 0 Å². The summed E-state index contributed by atoms with van der Waals surface area (Å²) in [6.07, 6.45) is 2.61. The predicted molar refractivity (Wildman–Crippen MR) is 179 cm³/mol. The van der Waals surface area contributed by atoms with Gasteiger partial charge in [-0.2, -0.15) is 19.2 Å². The van der Waals surface area contributed by atoms with Gasteiger partial charge in [-0.1, -0.05) is 41.5 Å². The molecule has 0 saturated heterocycles. The Labute approximate surface area is 357 Å². The Morgan fingerprint density at radius 1 is 0.404 bits per heavy atom. The molecule has 0 fully saturated rings. The van der Waals surface area contributed by atoms with Crippen molar-refractivity contribution in [2.75, 3.05) is 145 Å². The summed E-state index contributed by atoms with van der Waals surface area (Å²) in [6, 6.07) is 0. The normalized spacial score (nSPS) is 10.5. The van der Waals surface area contributed by atoms with Crippen LogP contribution in [0.2, 0.25) is 0 Å². The predicted octanol–water partition coefficient (Wildman–Crippen LogP) is -4.68. The van der Waals surface area contributed by atoms with Crippen molar-refractivity contribution in [2.45, 2.75) is 54.4 Å². The molecule has 52 heavy (non-hydrogen) atoms. The molecule has 0 aromatic rings. The number of aliphatic hydroxyl groups is 1. The van der Waals surface area contributed by atoms with E-state index in [0.717, 1.165) is 26.1 Å². The second-order valence-corrected chi connectivity index (χ2v) is 12.3. The van der Waals surface area contributed by atoms with Gasteiger partial charge in [0.25, 0.3) is 0 Å². The van der Waals surface area contributed by atoms with Gasteiger partial charge in [0.1, 0.15) is 0 Å². The Kier molecular flexibility index (Phi) is 68.7. The van der Waals surface area contributed by atoms with E-state index in [1.807, 2.05) is 0 Å². The standard InChI is InChI=1S/C16H34O6.C16H33O6.2CO2.2Na.H/c2*1-16(2,3)4-6-18-8-10-20-12-14-22-15-13-21-11-9-19-7-5-17;2*2-1-3;;;/h17H,4-15H2,1-3H3;4-15H2,1-3H3;;;;;/q;-1;;;2*+1;-1. The van der Waals surface area contributed by atoms with Gasteiger partial charge in [-0.15, -0.1) is 6.61 Å². The topological polar surface area (TPSA) is 204 Å². The first kappa shape index (κ1) is 64.2. The van der Waals surface area contributed by atoms with Crippen LogP contribution in [0.1, 0.15) is 55.8 Å². The summed E-state index contributed by atoms with van der Waals surface area (Å²) in [5, 5.41) is 18.6.